The van der Waals surface area contributed by atoms with Crippen molar-refractivity contribution in [3.63, 3.8) is 0 Å². The van der Waals surface area contributed by atoms with Gasteiger partial charge in [-0.3, -0.25) is 9.58 Å². The second kappa shape index (κ2) is 6.31. The number of nitrogens with one attached hydrogen (secondary N) is 1. The summed E-state index contributed by atoms with van der Waals surface area (Å²) in [7, 11) is 1.98. The molecule has 1 aliphatic rings. The summed E-state index contributed by atoms with van der Waals surface area (Å²) in [4.78, 5) is 2.53. The van der Waals surface area contributed by atoms with E-state index in [1.807, 2.05) is 17.9 Å². The molecule has 4 heteroatoms. The number of hydrogen-bond acceptors (Lipinski definition) is 3. The van der Waals surface area contributed by atoms with E-state index in [0.717, 1.165) is 13.1 Å². The number of aryl methyl sites for hydroxylation is 1. The molecule has 112 valence electrons. The van der Waals surface area contributed by atoms with Gasteiger partial charge < -0.3 is 5.32 Å². The number of benzene rings is 1. The number of rotatable bonds is 5. The maximum absolute atomic E-state index is 4.28. The Balaban J connectivity index is 1.61. The zero-order valence-electron chi connectivity index (χ0n) is 13.0. The van der Waals surface area contributed by atoms with Gasteiger partial charge in [-0.05, 0) is 50.6 Å². The minimum atomic E-state index is 0.826. The van der Waals surface area contributed by atoms with E-state index in [0.29, 0.717) is 0 Å². The van der Waals surface area contributed by atoms with E-state index >= 15 is 0 Å². The van der Waals surface area contributed by atoms with E-state index in [-0.39, 0.29) is 0 Å². The van der Waals surface area contributed by atoms with E-state index in [1.165, 1.54) is 48.4 Å². The number of nitrogens with zero attached hydrogens (tertiary/aromatic N) is 3. The summed E-state index contributed by atoms with van der Waals surface area (Å²) >= 11 is 0. The third-order valence-corrected chi connectivity index (χ3v) is 4.35. The molecule has 1 aromatic carbocycles. The molecule has 2 aromatic rings. The molecule has 0 bridgehead atoms. The largest absolute Gasteiger partial charge is 0.381 e. The Hall–Kier alpha value is -1.81. The molecule has 0 aliphatic carbocycles. The second-order valence-electron chi connectivity index (χ2n) is 5.92. The molecule has 0 atom stereocenters. The summed E-state index contributed by atoms with van der Waals surface area (Å²) in [5, 5.41) is 7.79. The van der Waals surface area contributed by atoms with Crippen molar-refractivity contribution in [1.29, 1.82) is 0 Å². The van der Waals surface area contributed by atoms with Gasteiger partial charge in [0.25, 0.3) is 0 Å². The van der Waals surface area contributed by atoms with Crippen LogP contribution in [0.1, 0.15) is 29.7 Å². The van der Waals surface area contributed by atoms with Crippen LogP contribution in [0.4, 0.5) is 5.69 Å². The summed E-state index contributed by atoms with van der Waals surface area (Å²) < 4.78 is 1.92. The first kappa shape index (κ1) is 14.1. The summed E-state index contributed by atoms with van der Waals surface area (Å²) in [6, 6.07) is 8.77. The number of likely N-dealkylation sites (tertiary alicyclic amines) is 1. The molecule has 2 heterocycles. The first-order valence-corrected chi connectivity index (χ1v) is 7.75. The van der Waals surface area contributed by atoms with Gasteiger partial charge >= 0.3 is 0 Å². The van der Waals surface area contributed by atoms with Crippen molar-refractivity contribution < 1.29 is 0 Å². The first-order chi connectivity index (χ1) is 10.2. The molecular formula is C17H24N4. The Bertz CT molecular complexity index is 597. The number of hydrogen-bond donors (Lipinski definition) is 1. The standard InChI is InChI=1S/C17H24N4/c1-14-16(12-19-20(14)2)11-18-17-7-5-6-15(10-17)13-21-8-3-4-9-21/h5-7,10,12,18H,3-4,8-9,11,13H2,1-2H3. The summed E-state index contributed by atoms with van der Waals surface area (Å²) in [6.07, 6.45) is 4.63. The number of aromatic nitrogens is 2. The predicted octanol–water partition coefficient (Wildman–Crippen LogP) is 2.94. The maximum atomic E-state index is 4.28. The van der Waals surface area contributed by atoms with Crippen molar-refractivity contribution in [2.24, 2.45) is 7.05 Å². The van der Waals surface area contributed by atoms with Gasteiger partial charge in [0, 0.05) is 37.1 Å². The van der Waals surface area contributed by atoms with Crippen molar-refractivity contribution in [3.05, 3.63) is 47.3 Å². The van der Waals surface area contributed by atoms with Crippen LogP contribution < -0.4 is 5.32 Å². The highest BCUT2D eigenvalue weighted by atomic mass is 15.3. The van der Waals surface area contributed by atoms with Gasteiger partial charge in [0.2, 0.25) is 0 Å². The van der Waals surface area contributed by atoms with E-state index in [1.54, 1.807) is 0 Å². The van der Waals surface area contributed by atoms with Crippen molar-refractivity contribution in [1.82, 2.24) is 14.7 Å². The van der Waals surface area contributed by atoms with Gasteiger partial charge in [0.05, 0.1) is 6.20 Å². The van der Waals surface area contributed by atoms with Crippen molar-refractivity contribution in [3.8, 4) is 0 Å². The van der Waals surface area contributed by atoms with Crippen molar-refractivity contribution >= 4 is 5.69 Å². The van der Waals surface area contributed by atoms with Crippen LogP contribution in [0.15, 0.2) is 30.5 Å². The van der Waals surface area contributed by atoms with Gasteiger partial charge in [-0.2, -0.15) is 5.10 Å². The zero-order valence-corrected chi connectivity index (χ0v) is 13.0. The highest BCUT2D eigenvalue weighted by Crippen LogP contribution is 2.17. The lowest BCUT2D eigenvalue weighted by Crippen LogP contribution is -2.18. The molecule has 0 saturated carbocycles. The molecule has 4 nitrogen and oxygen atoms in total. The first-order valence-electron chi connectivity index (χ1n) is 7.75. The summed E-state index contributed by atoms with van der Waals surface area (Å²) in [6.45, 7) is 6.49. The van der Waals surface area contributed by atoms with Crippen molar-refractivity contribution in [2.75, 3.05) is 18.4 Å². The number of anilines is 1. The monoisotopic (exact) mass is 284 g/mol. The SMILES string of the molecule is Cc1c(CNc2cccc(CN3CCCC3)c2)cnn1C. The van der Waals surface area contributed by atoms with Crippen LogP contribution in [-0.2, 0) is 20.1 Å². The fourth-order valence-corrected chi connectivity index (χ4v) is 2.89. The molecular weight excluding hydrogens is 260 g/mol. The third kappa shape index (κ3) is 3.45. The van der Waals surface area contributed by atoms with E-state index < -0.39 is 0 Å². The summed E-state index contributed by atoms with van der Waals surface area (Å²) in [5.41, 5.74) is 5.05. The average Bonchev–Trinajstić information content (AvgIpc) is 3.10. The van der Waals surface area contributed by atoms with Crippen LogP contribution in [0.5, 0.6) is 0 Å². The van der Waals surface area contributed by atoms with Crippen LogP contribution in [0, 0.1) is 6.92 Å². The lowest BCUT2D eigenvalue weighted by Gasteiger charge is -2.15. The Morgan fingerprint density at radius 3 is 2.76 bits per heavy atom. The topological polar surface area (TPSA) is 33.1 Å². The zero-order chi connectivity index (χ0) is 14.7. The molecule has 0 unspecified atom stereocenters. The van der Waals surface area contributed by atoms with Gasteiger partial charge in [0.15, 0.2) is 0 Å². The molecule has 0 amide bonds. The Morgan fingerprint density at radius 1 is 1.24 bits per heavy atom. The molecule has 0 radical (unpaired) electrons. The maximum Gasteiger partial charge on any atom is 0.0542 e. The minimum absolute atomic E-state index is 0.826. The molecule has 1 saturated heterocycles. The fourth-order valence-electron chi connectivity index (χ4n) is 2.89. The lowest BCUT2D eigenvalue weighted by atomic mass is 10.2. The molecule has 3 rings (SSSR count). The molecule has 1 N–H and O–H groups in total. The highest BCUT2D eigenvalue weighted by molar-refractivity contribution is 5.46. The van der Waals surface area contributed by atoms with E-state index in [2.05, 4.69) is 46.5 Å². The highest BCUT2D eigenvalue weighted by Gasteiger charge is 2.11. The van der Waals surface area contributed by atoms with Gasteiger partial charge in [-0.15, -0.1) is 0 Å². The minimum Gasteiger partial charge on any atom is -0.381 e. The van der Waals surface area contributed by atoms with Crippen LogP contribution in [0.3, 0.4) is 0 Å². The average molecular weight is 284 g/mol. The second-order valence-corrected chi connectivity index (χ2v) is 5.92. The van der Waals surface area contributed by atoms with Crippen LogP contribution in [-0.4, -0.2) is 27.8 Å². The van der Waals surface area contributed by atoms with E-state index in [4.69, 9.17) is 0 Å². The Kier molecular flexibility index (Phi) is 4.25. The van der Waals surface area contributed by atoms with Crippen LogP contribution in [0.2, 0.25) is 0 Å². The third-order valence-electron chi connectivity index (χ3n) is 4.35. The summed E-state index contributed by atoms with van der Waals surface area (Å²) in [5.74, 6) is 0. The van der Waals surface area contributed by atoms with Gasteiger partial charge in [-0.25, -0.2) is 0 Å². The lowest BCUT2D eigenvalue weighted by molar-refractivity contribution is 0.331. The normalized spacial score (nSPS) is 15.5. The molecule has 21 heavy (non-hydrogen) atoms. The molecule has 1 aromatic heterocycles. The van der Waals surface area contributed by atoms with Gasteiger partial charge in [0.1, 0.15) is 0 Å². The molecule has 1 aliphatic heterocycles. The molecule has 1 fully saturated rings. The van der Waals surface area contributed by atoms with Crippen LogP contribution in [0.25, 0.3) is 0 Å². The quantitative estimate of drug-likeness (QED) is 0.916. The van der Waals surface area contributed by atoms with Crippen molar-refractivity contribution in [2.45, 2.75) is 32.9 Å². The Labute approximate surface area is 126 Å². The fraction of sp³-hybridized carbons (Fsp3) is 0.471. The smallest absolute Gasteiger partial charge is 0.0542 e. The predicted molar refractivity (Wildman–Crippen MR) is 86.2 cm³/mol. The Morgan fingerprint density at radius 2 is 2.05 bits per heavy atom. The van der Waals surface area contributed by atoms with E-state index in [9.17, 15) is 0 Å². The van der Waals surface area contributed by atoms with Crippen LogP contribution >= 0.6 is 0 Å². The molecule has 0 spiro atoms. The van der Waals surface area contributed by atoms with Gasteiger partial charge in [-0.1, -0.05) is 12.1 Å².